The number of amides is 2. The Bertz CT molecular complexity index is 923. The molecule has 1 aliphatic heterocycles. The molecular formula is C20H20F3N3O4S. The number of nitriles is 1. The van der Waals surface area contributed by atoms with Crippen molar-refractivity contribution >= 4 is 35.2 Å². The second-order valence-electron chi connectivity index (χ2n) is 7.47. The number of nitrogens with zero attached hydrogens (tertiary/aromatic N) is 1. The SMILES string of the molecule is N#CC1(NC(=O)COC(=O)CC2Sc3ccc(C(F)(F)F)cc3NC2=O)CCCCC1. The lowest BCUT2D eigenvalue weighted by molar-refractivity contribution is -0.149. The summed E-state index contributed by atoms with van der Waals surface area (Å²) in [5, 5.41) is 13.5. The average molecular weight is 455 g/mol. The Labute approximate surface area is 180 Å². The first-order chi connectivity index (χ1) is 14.6. The van der Waals surface area contributed by atoms with Gasteiger partial charge in [-0.1, -0.05) is 19.3 Å². The fourth-order valence-electron chi connectivity index (χ4n) is 3.54. The minimum absolute atomic E-state index is 0.0307. The van der Waals surface area contributed by atoms with E-state index in [1.54, 1.807) is 0 Å². The van der Waals surface area contributed by atoms with Crippen molar-refractivity contribution in [2.75, 3.05) is 11.9 Å². The van der Waals surface area contributed by atoms with Gasteiger partial charge in [-0.05, 0) is 31.0 Å². The smallest absolute Gasteiger partial charge is 0.416 e. The third-order valence-electron chi connectivity index (χ3n) is 5.14. The molecule has 1 unspecified atom stereocenters. The second kappa shape index (κ2) is 9.18. The van der Waals surface area contributed by atoms with Gasteiger partial charge in [0.15, 0.2) is 6.61 Å². The third-order valence-corrected chi connectivity index (χ3v) is 6.42. The molecule has 166 valence electrons. The van der Waals surface area contributed by atoms with Gasteiger partial charge in [-0.3, -0.25) is 14.4 Å². The number of benzene rings is 1. The highest BCUT2D eigenvalue weighted by Gasteiger charge is 2.36. The maximum Gasteiger partial charge on any atom is 0.416 e. The number of halogens is 3. The summed E-state index contributed by atoms with van der Waals surface area (Å²) in [5.74, 6) is -2.01. The molecule has 1 aromatic rings. The second-order valence-corrected chi connectivity index (χ2v) is 8.72. The van der Waals surface area contributed by atoms with Gasteiger partial charge in [0.2, 0.25) is 5.91 Å². The summed E-state index contributed by atoms with van der Waals surface area (Å²) in [6.07, 6.45) is -1.16. The van der Waals surface area contributed by atoms with E-state index in [1.807, 2.05) is 0 Å². The Morgan fingerprint density at radius 1 is 1.29 bits per heavy atom. The monoisotopic (exact) mass is 455 g/mol. The number of fused-ring (bicyclic) bond motifs is 1. The maximum atomic E-state index is 12.8. The number of esters is 1. The van der Waals surface area contributed by atoms with Crippen LogP contribution in [0, 0.1) is 11.3 Å². The number of hydrogen-bond donors (Lipinski definition) is 2. The van der Waals surface area contributed by atoms with Gasteiger partial charge < -0.3 is 15.4 Å². The highest BCUT2D eigenvalue weighted by Crippen LogP contribution is 2.40. The third kappa shape index (κ3) is 5.70. The topological polar surface area (TPSA) is 108 Å². The summed E-state index contributed by atoms with van der Waals surface area (Å²) in [6.45, 7) is -0.577. The minimum Gasteiger partial charge on any atom is -0.456 e. The van der Waals surface area contributed by atoms with E-state index >= 15 is 0 Å². The Morgan fingerprint density at radius 3 is 2.65 bits per heavy atom. The number of carbonyl (C=O) groups excluding carboxylic acids is 3. The maximum absolute atomic E-state index is 12.8. The fraction of sp³-hybridized carbons (Fsp3) is 0.500. The highest BCUT2D eigenvalue weighted by molar-refractivity contribution is 8.01. The molecule has 2 amide bonds. The molecule has 31 heavy (non-hydrogen) atoms. The summed E-state index contributed by atoms with van der Waals surface area (Å²) in [5.41, 5.74) is -1.80. The number of alkyl halides is 3. The lowest BCUT2D eigenvalue weighted by Gasteiger charge is -2.31. The molecule has 11 heteroatoms. The van der Waals surface area contributed by atoms with Crippen molar-refractivity contribution in [1.29, 1.82) is 5.26 Å². The van der Waals surface area contributed by atoms with Crippen LogP contribution in [0.4, 0.5) is 18.9 Å². The fourth-order valence-corrected chi connectivity index (χ4v) is 4.62. The van der Waals surface area contributed by atoms with E-state index in [-0.39, 0.29) is 12.1 Å². The molecule has 2 N–H and O–H groups in total. The van der Waals surface area contributed by atoms with Crippen molar-refractivity contribution in [2.24, 2.45) is 0 Å². The standard InChI is InChI=1S/C20H20F3N3O4S/c21-20(22,23)12-4-5-14-13(8-12)25-18(29)15(31-14)9-17(28)30-10-16(27)26-19(11-24)6-2-1-3-7-19/h4-5,8,15H,1-3,6-7,9-10H2,(H,25,29)(H,26,27). The van der Waals surface area contributed by atoms with E-state index in [9.17, 15) is 32.8 Å². The number of carbonyl (C=O) groups is 3. The molecule has 0 saturated heterocycles. The number of nitrogens with one attached hydrogen (secondary N) is 2. The average Bonchev–Trinajstić information content (AvgIpc) is 2.72. The van der Waals surface area contributed by atoms with Crippen LogP contribution in [-0.2, 0) is 25.3 Å². The van der Waals surface area contributed by atoms with E-state index in [2.05, 4.69) is 16.7 Å². The van der Waals surface area contributed by atoms with Crippen molar-refractivity contribution in [2.45, 2.75) is 60.4 Å². The van der Waals surface area contributed by atoms with Crippen LogP contribution in [0.25, 0.3) is 0 Å². The van der Waals surface area contributed by atoms with Crippen LogP contribution in [0.2, 0.25) is 0 Å². The predicted octanol–water partition coefficient (Wildman–Crippen LogP) is 3.39. The Morgan fingerprint density at radius 2 is 2.00 bits per heavy atom. The molecule has 1 fully saturated rings. The molecule has 1 aliphatic carbocycles. The largest absolute Gasteiger partial charge is 0.456 e. The Kier molecular flexibility index (Phi) is 6.79. The van der Waals surface area contributed by atoms with Gasteiger partial charge in [-0.15, -0.1) is 11.8 Å². The highest BCUT2D eigenvalue weighted by atomic mass is 32.2. The summed E-state index contributed by atoms with van der Waals surface area (Å²) in [4.78, 5) is 36.8. The summed E-state index contributed by atoms with van der Waals surface area (Å²) in [6, 6.07) is 5.11. The first kappa shape index (κ1) is 22.9. The van der Waals surface area contributed by atoms with Gasteiger partial charge in [0.05, 0.1) is 29.0 Å². The van der Waals surface area contributed by atoms with Crippen LogP contribution in [0.1, 0.15) is 44.1 Å². The number of ether oxygens (including phenoxy) is 1. The molecule has 1 aromatic carbocycles. The van der Waals surface area contributed by atoms with Crippen LogP contribution in [-0.4, -0.2) is 35.2 Å². The molecule has 1 saturated carbocycles. The Hall–Kier alpha value is -2.74. The van der Waals surface area contributed by atoms with Crippen LogP contribution in [0.5, 0.6) is 0 Å². The lowest BCUT2D eigenvalue weighted by atomic mass is 9.83. The molecular weight excluding hydrogens is 435 g/mol. The van der Waals surface area contributed by atoms with Gasteiger partial charge in [-0.2, -0.15) is 18.4 Å². The minimum atomic E-state index is -4.53. The molecule has 0 bridgehead atoms. The summed E-state index contributed by atoms with van der Waals surface area (Å²) >= 11 is 0.955. The van der Waals surface area contributed by atoms with Crippen LogP contribution in [0.15, 0.2) is 23.1 Å². The molecule has 3 rings (SSSR count). The van der Waals surface area contributed by atoms with Crippen LogP contribution in [0.3, 0.4) is 0 Å². The zero-order valence-electron chi connectivity index (χ0n) is 16.4. The molecule has 1 atom stereocenters. The van der Waals surface area contributed by atoms with Crippen LogP contribution >= 0.6 is 11.8 Å². The summed E-state index contributed by atoms with van der Waals surface area (Å²) in [7, 11) is 0. The summed E-state index contributed by atoms with van der Waals surface area (Å²) < 4.78 is 43.4. The van der Waals surface area contributed by atoms with E-state index in [0.717, 1.165) is 43.2 Å². The molecule has 1 heterocycles. The van der Waals surface area contributed by atoms with Crippen molar-refractivity contribution in [3.05, 3.63) is 23.8 Å². The van der Waals surface area contributed by atoms with Gasteiger partial charge in [-0.25, -0.2) is 0 Å². The normalized spacial score (nSPS) is 20.1. The van der Waals surface area contributed by atoms with Crippen molar-refractivity contribution < 1.29 is 32.3 Å². The lowest BCUT2D eigenvalue weighted by Crippen LogP contribution is -2.50. The van der Waals surface area contributed by atoms with E-state index in [1.165, 1.54) is 6.07 Å². The number of rotatable bonds is 5. The number of thioether (sulfide) groups is 1. The van der Waals surface area contributed by atoms with E-state index < -0.39 is 46.9 Å². The Balaban J connectivity index is 1.52. The zero-order valence-corrected chi connectivity index (χ0v) is 17.2. The van der Waals surface area contributed by atoms with Crippen molar-refractivity contribution in [1.82, 2.24) is 5.32 Å². The first-order valence-electron chi connectivity index (χ1n) is 9.68. The van der Waals surface area contributed by atoms with Crippen molar-refractivity contribution in [3.63, 3.8) is 0 Å². The molecule has 2 aliphatic rings. The molecule has 0 radical (unpaired) electrons. The van der Waals surface area contributed by atoms with Gasteiger partial charge in [0.1, 0.15) is 5.54 Å². The molecule has 0 aromatic heterocycles. The quantitative estimate of drug-likeness (QED) is 0.659. The first-order valence-corrected chi connectivity index (χ1v) is 10.6. The molecule has 0 spiro atoms. The van der Waals surface area contributed by atoms with Crippen LogP contribution < -0.4 is 10.6 Å². The van der Waals surface area contributed by atoms with E-state index in [0.29, 0.717) is 17.7 Å². The zero-order chi connectivity index (χ0) is 22.6. The number of anilines is 1. The predicted molar refractivity (Wildman–Crippen MR) is 105 cm³/mol. The van der Waals surface area contributed by atoms with Gasteiger partial charge in [0, 0.05) is 4.90 Å². The van der Waals surface area contributed by atoms with E-state index in [4.69, 9.17) is 4.74 Å². The number of hydrogen-bond acceptors (Lipinski definition) is 6. The van der Waals surface area contributed by atoms with Crippen molar-refractivity contribution in [3.8, 4) is 6.07 Å². The van der Waals surface area contributed by atoms with Gasteiger partial charge >= 0.3 is 12.1 Å². The molecule has 7 nitrogen and oxygen atoms in total. The van der Waals surface area contributed by atoms with Gasteiger partial charge in [0.25, 0.3) is 5.91 Å².